The zero-order valence-electron chi connectivity index (χ0n) is 29.3. The highest BCUT2D eigenvalue weighted by Gasteiger charge is 2.37. The summed E-state index contributed by atoms with van der Waals surface area (Å²) in [4.78, 5) is 22.4. The SMILES string of the molecule is Cc1cc(OCC2(O)CCS(O)(O)CC2)cc(C)c1-c1cccc(CN(c2ccc3c(C(C)C(=O)O)coc3c2)S(=O)(=O)c2ccccc2[N+](=O)[O-])c1. The van der Waals surface area contributed by atoms with E-state index < -0.39 is 53.6 Å². The van der Waals surface area contributed by atoms with Crippen LogP contribution in [-0.4, -0.2) is 62.3 Å². The number of benzene rings is 4. The van der Waals surface area contributed by atoms with Crippen molar-refractivity contribution in [2.45, 2.75) is 56.6 Å². The molecule has 0 aliphatic carbocycles. The number of carboxylic acid groups (broad SMARTS) is 1. The van der Waals surface area contributed by atoms with Gasteiger partial charge in [-0.15, -0.1) is 0 Å². The molecule has 0 radical (unpaired) electrons. The average molecular weight is 765 g/mol. The first kappa shape index (κ1) is 37.8. The first-order valence-electron chi connectivity index (χ1n) is 16.8. The summed E-state index contributed by atoms with van der Waals surface area (Å²) in [6.07, 6.45) is 1.78. The van der Waals surface area contributed by atoms with Gasteiger partial charge in [0.15, 0.2) is 4.90 Å². The number of carbonyl (C=O) groups is 1. The molecule has 1 aliphatic heterocycles. The number of furan rings is 1. The molecular formula is C38H40N2O11S2. The summed E-state index contributed by atoms with van der Waals surface area (Å²) in [6.45, 7) is 5.13. The fraction of sp³-hybridized carbons (Fsp3) is 0.289. The Balaban J connectivity index is 1.34. The lowest BCUT2D eigenvalue weighted by atomic mass is 9.94. The number of nitro groups is 1. The second-order valence-corrected chi connectivity index (χ2v) is 17.8. The number of sulfonamides is 1. The third-order valence-electron chi connectivity index (χ3n) is 9.69. The number of carboxylic acids is 1. The quantitative estimate of drug-likeness (QED) is 0.0712. The topological polar surface area (TPSA) is 201 Å². The van der Waals surface area contributed by atoms with E-state index in [4.69, 9.17) is 9.15 Å². The third-order valence-corrected chi connectivity index (χ3v) is 13.2. The highest BCUT2D eigenvalue weighted by molar-refractivity contribution is 8.24. The molecule has 0 spiro atoms. The Labute approximate surface area is 308 Å². The van der Waals surface area contributed by atoms with Crippen LogP contribution in [0.25, 0.3) is 22.1 Å². The van der Waals surface area contributed by atoms with Crippen molar-refractivity contribution in [1.82, 2.24) is 0 Å². The molecule has 1 saturated heterocycles. The Morgan fingerprint density at radius 2 is 1.70 bits per heavy atom. The van der Waals surface area contributed by atoms with Gasteiger partial charge in [-0.25, -0.2) is 8.42 Å². The van der Waals surface area contributed by atoms with E-state index in [1.54, 1.807) is 18.2 Å². The number of nitro benzene ring substituents is 1. The van der Waals surface area contributed by atoms with Crippen molar-refractivity contribution in [3.05, 3.63) is 117 Å². The average Bonchev–Trinajstić information content (AvgIpc) is 3.54. The van der Waals surface area contributed by atoms with Gasteiger partial charge in [-0.1, -0.05) is 30.3 Å². The van der Waals surface area contributed by atoms with E-state index in [1.807, 2.05) is 38.1 Å². The molecule has 2 heterocycles. The highest BCUT2D eigenvalue weighted by Crippen LogP contribution is 2.47. The highest BCUT2D eigenvalue weighted by atomic mass is 32.3. The van der Waals surface area contributed by atoms with Crippen molar-refractivity contribution >= 4 is 48.9 Å². The summed E-state index contributed by atoms with van der Waals surface area (Å²) in [5.41, 5.74) is 3.06. The number of aryl methyl sites for hydroxylation is 2. The Morgan fingerprint density at radius 1 is 1.02 bits per heavy atom. The number of rotatable bonds is 12. The van der Waals surface area contributed by atoms with E-state index >= 15 is 0 Å². The lowest BCUT2D eigenvalue weighted by molar-refractivity contribution is -0.387. The molecule has 1 aromatic heterocycles. The van der Waals surface area contributed by atoms with E-state index in [9.17, 15) is 42.6 Å². The van der Waals surface area contributed by atoms with E-state index in [2.05, 4.69) is 0 Å². The van der Waals surface area contributed by atoms with Gasteiger partial charge in [0, 0.05) is 34.6 Å². The molecule has 0 bridgehead atoms. The van der Waals surface area contributed by atoms with Crippen molar-refractivity contribution in [3.63, 3.8) is 0 Å². The normalized spacial score (nSPS) is 16.5. The van der Waals surface area contributed by atoms with Crippen LogP contribution in [0, 0.1) is 24.0 Å². The van der Waals surface area contributed by atoms with Crippen LogP contribution in [0.2, 0.25) is 0 Å². The zero-order valence-corrected chi connectivity index (χ0v) is 30.9. The van der Waals surface area contributed by atoms with Gasteiger partial charge >= 0.3 is 5.97 Å². The molecule has 6 rings (SSSR count). The Bertz CT molecular complexity index is 2290. The van der Waals surface area contributed by atoms with Crippen molar-refractivity contribution < 1.29 is 46.6 Å². The van der Waals surface area contributed by atoms with Gasteiger partial charge in [0.05, 0.1) is 29.3 Å². The Hall–Kier alpha value is -4.93. The second-order valence-electron chi connectivity index (χ2n) is 13.5. The van der Waals surface area contributed by atoms with Crippen LogP contribution in [0.5, 0.6) is 5.75 Å². The van der Waals surface area contributed by atoms with Crippen LogP contribution in [0.3, 0.4) is 0 Å². The van der Waals surface area contributed by atoms with Gasteiger partial charge in [0.25, 0.3) is 15.7 Å². The van der Waals surface area contributed by atoms with E-state index in [-0.39, 0.29) is 48.8 Å². The number of aliphatic carboxylic acids is 1. The van der Waals surface area contributed by atoms with E-state index in [0.29, 0.717) is 22.3 Å². The molecule has 4 N–H and O–H groups in total. The maximum Gasteiger partial charge on any atom is 0.310 e. The molecule has 0 saturated carbocycles. The fourth-order valence-electron chi connectivity index (χ4n) is 6.67. The van der Waals surface area contributed by atoms with Crippen LogP contribution in [-0.2, 0) is 21.4 Å². The van der Waals surface area contributed by atoms with Gasteiger partial charge in [-0.05, 0) is 97.8 Å². The van der Waals surface area contributed by atoms with Gasteiger partial charge in [-0.2, -0.15) is 10.6 Å². The minimum absolute atomic E-state index is 0.00378. The lowest BCUT2D eigenvalue weighted by Crippen LogP contribution is -2.42. The monoisotopic (exact) mass is 764 g/mol. The van der Waals surface area contributed by atoms with Gasteiger partial charge in [0.1, 0.15) is 23.5 Å². The number of hydrogen-bond acceptors (Lipinski definition) is 10. The zero-order chi connectivity index (χ0) is 38.3. The van der Waals surface area contributed by atoms with Crippen LogP contribution < -0.4 is 9.04 Å². The van der Waals surface area contributed by atoms with Crippen molar-refractivity contribution in [3.8, 4) is 16.9 Å². The Morgan fingerprint density at radius 3 is 2.36 bits per heavy atom. The molecule has 53 heavy (non-hydrogen) atoms. The first-order valence-corrected chi connectivity index (χ1v) is 20.1. The lowest BCUT2D eigenvalue weighted by Gasteiger charge is -2.43. The summed E-state index contributed by atoms with van der Waals surface area (Å²) < 4.78 is 61.4. The molecule has 1 fully saturated rings. The number of fused-ring (bicyclic) bond motifs is 1. The largest absolute Gasteiger partial charge is 0.491 e. The van der Waals surface area contributed by atoms with E-state index in [1.165, 1.54) is 43.5 Å². The second kappa shape index (κ2) is 14.5. The van der Waals surface area contributed by atoms with E-state index in [0.717, 1.165) is 32.6 Å². The minimum Gasteiger partial charge on any atom is -0.491 e. The van der Waals surface area contributed by atoms with Gasteiger partial charge in [0.2, 0.25) is 0 Å². The number of hydrogen-bond donors (Lipinski definition) is 4. The molecule has 280 valence electrons. The van der Waals surface area contributed by atoms with Crippen molar-refractivity contribution in [1.29, 1.82) is 0 Å². The molecule has 0 amide bonds. The van der Waals surface area contributed by atoms with Crippen molar-refractivity contribution in [2.75, 3.05) is 22.4 Å². The minimum atomic E-state index is -4.55. The predicted octanol–water partition coefficient (Wildman–Crippen LogP) is 7.86. The van der Waals surface area contributed by atoms with Crippen LogP contribution in [0.1, 0.15) is 47.9 Å². The van der Waals surface area contributed by atoms with Gasteiger partial charge in [-0.3, -0.25) is 28.3 Å². The van der Waals surface area contributed by atoms with Crippen LogP contribution >= 0.6 is 10.6 Å². The summed E-state index contributed by atoms with van der Waals surface area (Å²) in [5.74, 6) is -1.12. The number of aliphatic hydroxyl groups is 1. The molecular weight excluding hydrogens is 725 g/mol. The third kappa shape index (κ3) is 7.89. The smallest absolute Gasteiger partial charge is 0.310 e. The molecule has 1 aliphatic rings. The van der Waals surface area contributed by atoms with Crippen LogP contribution in [0.4, 0.5) is 11.4 Å². The molecule has 1 unspecified atom stereocenters. The first-order chi connectivity index (χ1) is 25.0. The summed E-state index contributed by atoms with van der Waals surface area (Å²) in [6, 6.07) is 20.7. The van der Waals surface area contributed by atoms with Gasteiger partial charge < -0.3 is 19.4 Å². The summed E-state index contributed by atoms with van der Waals surface area (Å²) in [7, 11) is -7.21. The molecule has 1 atom stereocenters. The Kier molecular flexibility index (Phi) is 10.3. The molecule has 5 aromatic rings. The molecule has 4 aromatic carbocycles. The molecule has 13 nitrogen and oxygen atoms in total. The number of ether oxygens (including phenoxy) is 1. The number of nitrogens with zero attached hydrogens (tertiary/aromatic N) is 2. The maximum absolute atomic E-state index is 14.4. The summed E-state index contributed by atoms with van der Waals surface area (Å²) >= 11 is 0. The molecule has 15 heteroatoms. The predicted molar refractivity (Wildman–Crippen MR) is 202 cm³/mol. The maximum atomic E-state index is 14.4. The standard InChI is InChI=1S/C38H40N2O11S2/c1-24-17-30(51-23-38(43)13-15-52(46,47)16-14-38)18-25(2)36(24)28-8-6-7-27(19-28)21-39(53(48,49)35-10-5-4-9-33(35)40(44)45)29-11-12-31-32(26(3)37(41)42)22-50-34(31)20-29/h4-12,17-20,22,26,43,46-47H,13-16,21,23H2,1-3H3,(H,41,42). The fourth-order valence-corrected chi connectivity index (χ4v) is 9.89. The number of anilines is 1. The number of para-hydroxylation sites is 1. The van der Waals surface area contributed by atoms with Crippen LogP contribution in [0.15, 0.2) is 94.4 Å². The van der Waals surface area contributed by atoms with Crippen molar-refractivity contribution in [2.24, 2.45) is 0 Å². The summed E-state index contributed by atoms with van der Waals surface area (Å²) in [5, 5.41) is 33.0.